The number of carbonyl (C=O) groups excluding carboxylic acids is 2. The second kappa shape index (κ2) is 9.39. The van der Waals surface area contributed by atoms with Gasteiger partial charge in [0, 0.05) is 37.4 Å². The van der Waals surface area contributed by atoms with Gasteiger partial charge in [-0.3, -0.25) is 19.3 Å². The molecule has 2 aromatic carbocycles. The average molecular weight is 457 g/mol. The number of hydrogen-bond donors (Lipinski definition) is 1. The van der Waals surface area contributed by atoms with Gasteiger partial charge in [0.15, 0.2) is 6.61 Å². The molecule has 10 heteroatoms. The van der Waals surface area contributed by atoms with Gasteiger partial charge in [0.25, 0.3) is 15.9 Å². The van der Waals surface area contributed by atoms with Crippen molar-refractivity contribution in [1.82, 2.24) is 9.62 Å². The first kappa shape index (κ1) is 21.8. The number of nitrogens with one attached hydrogen (secondary N) is 1. The Balaban J connectivity index is 1.21. The lowest BCUT2D eigenvalue weighted by Crippen LogP contribution is -2.49. The fourth-order valence-electron chi connectivity index (χ4n) is 3.67. The van der Waals surface area contributed by atoms with Crippen LogP contribution in [0.25, 0.3) is 0 Å². The van der Waals surface area contributed by atoms with Crippen molar-refractivity contribution in [3.63, 3.8) is 0 Å². The molecule has 0 aliphatic carbocycles. The lowest BCUT2D eigenvalue weighted by molar-refractivity contribution is -0.152. The van der Waals surface area contributed by atoms with Gasteiger partial charge in [-0.1, -0.05) is 30.3 Å². The van der Waals surface area contributed by atoms with Crippen molar-refractivity contribution < 1.29 is 22.7 Å². The van der Waals surface area contributed by atoms with Crippen LogP contribution in [0, 0.1) is 0 Å². The second-order valence-corrected chi connectivity index (χ2v) is 9.10. The van der Waals surface area contributed by atoms with Crippen LogP contribution in [0.2, 0.25) is 0 Å². The van der Waals surface area contributed by atoms with E-state index >= 15 is 0 Å². The Morgan fingerprint density at radius 1 is 0.969 bits per heavy atom. The molecule has 0 unspecified atom stereocenters. The molecule has 0 radical (unpaired) electrons. The fourth-order valence-corrected chi connectivity index (χ4v) is 4.92. The maximum atomic E-state index is 12.4. The van der Waals surface area contributed by atoms with Crippen LogP contribution in [0.15, 0.2) is 64.5 Å². The quantitative estimate of drug-likeness (QED) is 0.650. The predicted octanol–water partition coefficient (Wildman–Crippen LogP) is 1.01. The Kier molecular flexibility index (Phi) is 6.40. The van der Waals surface area contributed by atoms with E-state index in [1.54, 1.807) is 23.1 Å². The number of ether oxygens (including phenoxy) is 1. The van der Waals surface area contributed by atoms with E-state index in [0.717, 1.165) is 18.8 Å². The number of fused-ring (bicyclic) bond motifs is 1. The highest BCUT2D eigenvalue weighted by atomic mass is 32.2. The molecule has 0 saturated carbocycles. The van der Waals surface area contributed by atoms with E-state index < -0.39 is 16.0 Å². The molecule has 2 aromatic rings. The van der Waals surface area contributed by atoms with Gasteiger partial charge in [0.1, 0.15) is 5.84 Å². The van der Waals surface area contributed by atoms with E-state index in [0.29, 0.717) is 18.7 Å². The topological polar surface area (TPSA) is 108 Å². The number of benzene rings is 2. The van der Waals surface area contributed by atoms with Crippen molar-refractivity contribution in [2.45, 2.75) is 11.3 Å². The van der Waals surface area contributed by atoms with Crippen molar-refractivity contribution in [1.29, 1.82) is 0 Å². The number of carbonyl (C=O) groups is 2. The number of aliphatic imine (C=N–C) groups is 1. The van der Waals surface area contributed by atoms with Gasteiger partial charge in [-0.15, -0.1) is 0 Å². The van der Waals surface area contributed by atoms with Gasteiger partial charge in [0.2, 0.25) is 0 Å². The van der Waals surface area contributed by atoms with Crippen LogP contribution < -0.4 is 9.62 Å². The summed E-state index contributed by atoms with van der Waals surface area (Å²) >= 11 is 0. The number of piperazine rings is 1. The first-order valence-corrected chi connectivity index (χ1v) is 11.8. The molecule has 0 aromatic heterocycles. The largest absolute Gasteiger partial charge is 0.456 e. The molecule has 0 spiro atoms. The Morgan fingerprint density at radius 2 is 1.66 bits per heavy atom. The summed E-state index contributed by atoms with van der Waals surface area (Å²) in [5.74, 6) is -0.574. The Labute approximate surface area is 186 Å². The minimum Gasteiger partial charge on any atom is -0.456 e. The highest BCUT2D eigenvalue weighted by Crippen LogP contribution is 2.22. The molecule has 168 valence electrons. The number of nitrogens with zero attached hydrogens (tertiary/aromatic N) is 3. The predicted molar refractivity (Wildman–Crippen MR) is 119 cm³/mol. The molecule has 2 heterocycles. The summed E-state index contributed by atoms with van der Waals surface area (Å²) in [5, 5.41) is 0. The zero-order valence-electron chi connectivity index (χ0n) is 17.4. The Hall–Kier alpha value is -3.40. The monoisotopic (exact) mass is 456 g/mol. The molecule has 0 atom stereocenters. The van der Waals surface area contributed by atoms with E-state index in [2.05, 4.69) is 14.6 Å². The SMILES string of the molecule is O=C(CCN=C1NS(=O)(=O)c2ccccc21)OCC(=O)N1CCN(c2ccccc2)CC1. The normalized spacial score (nSPS) is 18.2. The van der Waals surface area contributed by atoms with Crippen molar-refractivity contribution in [2.24, 2.45) is 4.99 Å². The molecule has 1 fully saturated rings. The van der Waals surface area contributed by atoms with E-state index in [9.17, 15) is 18.0 Å². The minimum absolute atomic E-state index is 0.0506. The fraction of sp³-hybridized carbons (Fsp3) is 0.318. The third-order valence-electron chi connectivity index (χ3n) is 5.36. The van der Waals surface area contributed by atoms with Crippen molar-refractivity contribution in [2.75, 3.05) is 44.2 Å². The number of hydrogen-bond acceptors (Lipinski definition) is 7. The van der Waals surface area contributed by atoms with Crippen LogP contribution in [0.1, 0.15) is 12.0 Å². The zero-order valence-corrected chi connectivity index (χ0v) is 18.3. The first-order valence-electron chi connectivity index (χ1n) is 10.3. The zero-order chi connectivity index (χ0) is 22.6. The van der Waals surface area contributed by atoms with Gasteiger partial charge in [-0.05, 0) is 24.3 Å². The first-order chi connectivity index (χ1) is 15.4. The van der Waals surface area contributed by atoms with Gasteiger partial charge < -0.3 is 14.5 Å². The van der Waals surface area contributed by atoms with Gasteiger partial charge >= 0.3 is 5.97 Å². The van der Waals surface area contributed by atoms with Crippen LogP contribution in [0.4, 0.5) is 5.69 Å². The number of amidine groups is 1. The number of anilines is 1. The highest BCUT2D eigenvalue weighted by molar-refractivity contribution is 7.90. The third kappa shape index (κ3) is 4.91. The molecule has 2 aliphatic rings. The molecule has 1 saturated heterocycles. The smallest absolute Gasteiger partial charge is 0.308 e. The highest BCUT2D eigenvalue weighted by Gasteiger charge is 2.30. The Bertz CT molecular complexity index is 1130. The number of rotatable bonds is 6. The summed E-state index contributed by atoms with van der Waals surface area (Å²) in [6.07, 6.45) is -0.0531. The van der Waals surface area contributed by atoms with E-state index in [1.165, 1.54) is 6.07 Å². The summed E-state index contributed by atoms with van der Waals surface area (Å²) in [7, 11) is -3.61. The lowest BCUT2D eigenvalue weighted by atomic mass is 10.2. The van der Waals surface area contributed by atoms with Gasteiger partial charge in [0.05, 0.1) is 17.9 Å². The maximum absolute atomic E-state index is 12.4. The van der Waals surface area contributed by atoms with Crippen LogP contribution >= 0.6 is 0 Å². The van der Waals surface area contributed by atoms with Crippen LogP contribution in [-0.4, -0.2) is 70.4 Å². The lowest BCUT2D eigenvalue weighted by Gasteiger charge is -2.36. The Morgan fingerprint density at radius 3 is 2.41 bits per heavy atom. The van der Waals surface area contributed by atoms with Crippen LogP contribution in [0.5, 0.6) is 0 Å². The second-order valence-electron chi connectivity index (χ2n) is 7.45. The molecular formula is C22H24N4O5S. The van der Waals surface area contributed by atoms with E-state index in [4.69, 9.17) is 4.74 Å². The molecular weight excluding hydrogens is 432 g/mol. The van der Waals surface area contributed by atoms with Crippen LogP contribution in [-0.2, 0) is 24.3 Å². The molecule has 1 amide bonds. The molecule has 32 heavy (non-hydrogen) atoms. The van der Waals surface area contributed by atoms with Crippen molar-refractivity contribution >= 4 is 33.4 Å². The third-order valence-corrected chi connectivity index (χ3v) is 6.76. The number of para-hydroxylation sites is 1. The average Bonchev–Trinajstić information content (AvgIpc) is 3.08. The summed E-state index contributed by atoms with van der Waals surface area (Å²) in [5.41, 5.74) is 1.60. The summed E-state index contributed by atoms with van der Waals surface area (Å²) < 4.78 is 31.6. The van der Waals surface area contributed by atoms with Gasteiger partial charge in [-0.2, -0.15) is 0 Å². The minimum atomic E-state index is -3.61. The van der Waals surface area contributed by atoms with E-state index in [1.807, 2.05) is 30.3 Å². The summed E-state index contributed by atoms with van der Waals surface area (Å²) in [6.45, 7) is 2.32. The molecule has 1 N–H and O–H groups in total. The van der Waals surface area contributed by atoms with Crippen molar-refractivity contribution in [3.8, 4) is 0 Å². The van der Waals surface area contributed by atoms with Gasteiger partial charge in [-0.25, -0.2) is 8.42 Å². The molecule has 9 nitrogen and oxygen atoms in total. The molecule has 4 rings (SSSR count). The molecule has 0 bridgehead atoms. The van der Waals surface area contributed by atoms with Crippen LogP contribution in [0.3, 0.4) is 0 Å². The number of esters is 1. The van der Waals surface area contributed by atoms with E-state index in [-0.39, 0.29) is 36.2 Å². The number of amides is 1. The summed E-state index contributed by atoms with van der Waals surface area (Å²) in [6, 6.07) is 16.5. The summed E-state index contributed by atoms with van der Waals surface area (Å²) in [4.78, 5) is 32.6. The maximum Gasteiger partial charge on any atom is 0.308 e. The number of sulfonamides is 1. The molecule has 2 aliphatic heterocycles. The van der Waals surface area contributed by atoms with Crippen molar-refractivity contribution in [3.05, 3.63) is 60.2 Å². The standard InChI is InChI=1S/C22H24N4O5S/c27-20(26-14-12-25(13-15-26)17-6-2-1-3-7-17)16-31-21(28)10-11-23-22-18-8-4-5-9-19(18)32(29,30)24-22/h1-9H,10-16H2,(H,23,24).